The van der Waals surface area contributed by atoms with Gasteiger partial charge in [0.05, 0.1) is 25.7 Å². The Kier molecular flexibility index (Phi) is 4.15. The highest BCUT2D eigenvalue weighted by Crippen LogP contribution is 2.50. The van der Waals surface area contributed by atoms with Gasteiger partial charge in [0.1, 0.15) is 5.75 Å². The fraction of sp³-hybridized carbons (Fsp3) is 0.556. The molecule has 24 heavy (non-hydrogen) atoms. The van der Waals surface area contributed by atoms with Crippen LogP contribution in [0.15, 0.2) is 18.2 Å². The van der Waals surface area contributed by atoms with Crippen LogP contribution in [0.3, 0.4) is 0 Å². The molecule has 2 aliphatic rings. The highest BCUT2D eigenvalue weighted by atomic mass is 16.5. The Balaban J connectivity index is 2.08. The number of fused-ring (bicyclic) bond motifs is 2. The molecule has 2 heterocycles. The van der Waals surface area contributed by atoms with Gasteiger partial charge in [-0.1, -0.05) is 19.9 Å². The molecule has 1 N–H and O–H groups in total. The van der Waals surface area contributed by atoms with Gasteiger partial charge in [-0.05, 0) is 30.4 Å². The Labute approximate surface area is 142 Å². The highest BCUT2D eigenvalue weighted by molar-refractivity contribution is 6.07. The summed E-state index contributed by atoms with van der Waals surface area (Å²) in [4.78, 5) is 26.9. The van der Waals surface area contributed by atoms with Crippen LogP contribution in [0.4, 0.5) is 10.5 Å². The first kappa shape index (κ1) is 16.6. The summed E-state index contributed by atoms with van der Waals surface area (Å²) in [5.74, 6) is 1.02. The van der Waals surface area contributed by atoms with Gasteiger partial charge in [0, 0.05) is 18.3 Å². The molecule has 1 aromatic carbocycles. The third kappa shape index (κ3) is 2.32. The van der Waals surface area contributed by atoms with Crippen LogP contribution in [0, 0.1) is 5.92 Å². The summed E-state index contributed by atoms with van der Waals surface area (Å²) in [5, 5.41) is 2.99. The monoisotopic (exact) mass is 332 g/mol. The molecule has 3 rings (SSSR count). The first-order valence-electron chi connectivity index (χ1n) is 8.28. The molecule has 0 radical (unpaired) electrons. The number of anilines is 1. The molecule has 0 aliphatic carbocycles. The molecule has 0 aromatic heterocycles. The molecule has 6 nitrogen and oxygen atoms in total. The van der Waals surface area contributed by atoms with Crippen LogP contribution in [0.1, 0.15) is 32.3 Å². The normalized spacial score (nSPS) is 25.1. The minimum absolute atomic E-state index is 0.0391. The van der Waals surface area contributed by atoms with Gasteiger partial charge >= 0.3 is 6.09 Å². The molecule has 6 heteroatoms. The second kappa shape index (κ2) is 6.00. The topological polar surface area (TPSA) is 67.9 Å². The molecule has 1 spiro atoms. The summed E-state index contributed by atoms with van der Waals surface area (Å²) >= 11 is 0. The largest absolute Gasteiger partial charge is 0.497 e. The van der Waals surface area contributed by atoms with Crippen LogP contribution in [-0.2, 0) is 14.9 Å². The van der Waals surface area contributed by atoms with Crippen LogP contribution >= 0.6 is 0 Å². The van der Waals surface area contributed by atoms with E-state index in [1.807, 2.05) is 18.2 Å². The fourth-order valence-electron chi connectivity index (χ4n) is 4.07. The van der Waals surface area contributed by atoms with Crippen molar-refractivity contribution in [3.05, 3.63) is 23.8 Å². The second-order valence-corrected chi connectivity index (χ2v) is 6.90. The molecule has 2 aliphatic heterocycles. The number of amides is 2. The van der Waals surface area contributed by atoms with Crippen LogP contribution in [-0.4, -0.2) is 43.7 Å². The van der Waals surface area contributed by atoms with E-state index in [4.69, 9.17) is 9.47 Å². The summed E-state index contributed by atoms with van der Waals surface area (Å²) in [6, 6.07) is 5.45. The number of ether oxygens (including phenoxy) is 2. The van der Waals surface area contributed by atoms with Gasteiger partial charge in [0.25, 0.3) is 0 Å². The number of methoxy groups -OCH3 is 2. The maximum Gasteiger partial charge on any atom is 0.409 e. The molecule has 1 fully saturated rings. The standard InChI is InChI=1S/C18H24N2O4/c1-11(2)9-15-18(7-8-20(15)17(22)24-4)13-6-5-12(23-3)10-14(13)19-16(18)21/h5-6,10-11,15H,7-9H2,1-4H3,(H,19,21)/t15-,18-/m0/s1. The first-order chi connectivity index (χ1) is 11.4. The number of hydrogen-bond acceptors (Lipinski definition) is 4. The number of likely N-dealkylation sites (tertiary alicyclic amines) is 1. The van der Waals surface area contributed by atoms with Crippen molar-refractivity contribution >= 4 is 17.7 Å². The second-order valence-electron chi connectivity index (χ2n) is 6.90. The number of rotatable bonds is 3. The zero-order chi connectivity index (χ0) is 17.5. The van der Waals surface area contributed by atoms with Gasteiger partial charge < -0.3 is 19.7 Å². The van der Waals surface area contributed by atoms with E-state index in [1.54, 1.807) is 12.0 Å². The maximum atomic E-state index is 13.0. The van der Waals surface area contributed by atoms with E-state index in [1.165, 1.54) is 7.11 Å². The summed E-state index contributed by atoms with van der Waals surface area (Å²) < 4.78 is 10.2. The zero-order valence-corrected chi connectivity index (χ0v) is 14.6. The highest BCUT2D eigenvalue weighted by Gasteiger charge is 2.59. The number of carbonyl (C=O) groups is 2. The quantitative estimate of drug-likeness (QED) is 0.924. The van der Waals surface area contributed by atoms with Gasteiger partial charge in [-0.25, -0.2) is 4.79 Å². The zero-order valence-electron chi connectivity index (χ0n) is 14.6. The SMILES string of the molecule is COC(=O)N1CC[C@@]2(C(=O)Nc3cc(OC)ccc32)[C@@H]1CC(C)C. The van der Waals surface area contributed by atoms with Crippen molar-refractivity contribution in [2.24, 2.45) is 5.92 Å². The minimum Gasteiger partial charge on any atom is -0.497 e. The fourth-order valence-corrected chi connectivity index (χ4v) is 4.07. The number of carbonyl (C=O) groups excluding carboxylic acids is 2. The molecule has 130 valence electrons. The van der Waals surface area contributed by atoms with Crippen molar-refractivity contribution in [1.82, 2.24) is 4.90 Å². The molecule has 1 saturated heterocycles. The van der Waals surface area contributed by atoms with E-state index in [9.17, 15) is 9.59 Å². The Morgan fingerprint density at radius 1 is 1.42 bits per heavy atom. The summed E-state index contributed by atoms with van der Waals surface area (Å²) in [6.45, 7) is 4.72. The van der Waals surface area contributed by atoms with E-state index in [2.05, 4.69) is 19.2 Å². The van der Waals surface area contributed by atoms with Crippen molar-refractivity contribution in [3.8, 4) is 5.75 Å². The summed E-state index contributed by atoms with van der Waals surface area (Å²) in [7, 11) is 2.98. The lowest BCUT2D eigenvalue weighted by Gasteiger charge is -2.34. The number of nitrogens with one attached hydrogen (secondary N) is 1. The molecular weight excluding hydrogens is 308 g/mol. The lowest BCUT2D eigenvalue weighted by atomic mass is 9.72. The summed E-state index contributed by atoms with van der Waals surface area (Å²) in [5.41, 5.74) is 1.02. The van der Waals surface area contributed by atoms with Crippen LogP contribution in [0.2, 0.25) is 0 Å². The Morgan fingerprint density at radius 2 is 2.17 bits per heavy atom. The Bertz CT molecular complexity index is 673. The number of hydrogen-bond donors (Lipinski definition) is 1. The lowest BCUT2D eigenvalue weighted by molar-refractivity contribution is -0.121. The van der Waals surface area contributed by atoms with Crippen molar-refractivity contribution < 1.29 is 19.1 Å². The van der Waals surface area contributed by atoms with Crippen molar-refractivity contribution in [3.63, 3.8) is 0 Å². The first-order valence-corrected chi connectivity index (χ1v) is 8.28. The van der Waals surface area contributed by atoms with Crippen LogP contribution in [0.25, 0.3) is 0 Å². The predicted octanol–water partition coefficient (Wildman–Crippen LogP) is 2.77. The third-order valence-corrected chi connectivity index (χ3v) is 5.16. The average molecular weight is 332 g/mol. The van der Waals surface area contributed by atoms with Gasteiger partial charge in [-0.2, -0.15) is 0 Å². The van der Waals surface area contributed by atoms with Crippen LogP contribution < -0.4 is 10.1 Å². The van der Waals surface area contributed by atoms with Crippen LogP contribution in [0.5, 0.6) is 5.75 Å². The van der Waals surface area contributed by atoms with Gasteiger partial charge in [0.15, 0.2) is 0 Å². The Hall–Kier alpha value is -2.24. The molecular formula is C18H24N2O4. The summed E-state index contributed by atoms with van der Waals surface area (Å²) in [6.07, 6.45) is 0.978. The molecule has 1 aromatic rings. The molecule has 0 saturated carbocycles. The van der Waals surface area contributed by atoms with Crippen molar-refractivity contribution in [1.29, 1.82) is 0 Å². The lowest BCUT2D eigenvalue weighted by Crippen LogP contribution is -2.49. The average Bonchev–Trinajstić information content (AvgIpc) is 3.06. The number of nitrogens with zero attached hydrogens (tertiary/aromatic N) is 1. The molecule has 0 unspecified atom stereocenters. The van der Waals surface area contributed by atoms with E-state index < -0.39 is 5.41 Å². The molecule has 2 amide bonds. The van der Waals surface area contributed by atoms with Crippen molar-refractivity contribution in [2.45, 2.75) is 38.1 Å². The van der Waals surface area contributed by atoms with E-state index >= 15 is 0 Å². The maximum absolute atomic E-state index is 13.0. The van der Waals surface area contributed by atoms with Crippen molar-refractivity contribution in [2.75, 3.05) is 26.1 Å². The third-order valence-electron chi connectivity index (χ3n) is 5.16. The van der Waals surface area contributed by atoms with Gasteiger partial charge in [-0.15, -0.1) is 0 Å². The van der Waals surface area contributed by atoms with E-state index in [0.717, 1.165) is 17.7 Å². The van der Waals surface area contributed by atoms with E-state index in [0.29, 0.717) is 24.6 Å². The number of benzene rings is 1. The van der Waals surface area contributed by atoms with E-state index in [-0.39, 0.29) is 18.0 Å². The van der Waals surface area contributed by atoms with Gasteiger partial charge in [-0.3, -0.25) is 4.79 Å². The minimum atomic E-state index is -0.708. The smallest absolute Gasteiger partial charge is 0.409 e. The predicted molar refractivity (Wildman–Crippen MR) is 90.3 cm³/mol. The molecule has 2 atom stereocenters. The Morgan fingerprint density at radius 3 is 2.79 bits per heavy atom. The molecule has 0 bridgehead atoms. The van der Waals surface area contributed by atoms with Gasteiger partial charge in [0.2, 0.25) is 5.91 Å².